The van der Waals surface area contributed by atoms with Gasteiger partial charge in [0.05, 0.1) is 0 Å². The number of nitrogens with two attached hydrogens (primary N) is 1. The van der Waals surface area contributed by atoms with Crippen LogP contribution in [0.1, 0.15) is 57.8 Å². The lowest BCUT2D eigenvalue weighted by Gasteiger charge is -2.30. The minimum Gasteiger partial charge on any atom is -0.271 e. The van der Waals surface area contributed by atoms with Crippen LogP contribution in [0.25, 0.3) is 0 Å². The Labute approximate surface area is 93.3 Å². The van der Waals surface area contributed by atoms with E-state index in [9.17, 15) is 0 Å². The van der Waals surface area contributed by atoms with Gasteiger partial charge in [0, 0.05) is 6.04 Å². The van der Waals surface area contributed by atoms with Crippen LogP contribution in [0.3, 0.4) is 0 Å². The molecule has 0 aromatic rings. The summed E-state index contributed by atoms with van der Waals surface area (Å²) in [5.74, 6) is 6.63. The molecule has 1 unspecified atom stereocenters. The summed E-state index contributed by atoms with van der Waals surface area (Å²) in [6, 6.07) is 0.466. The van der Waals surface area contributed by atoms with Gasteiger partial charge >= 0.3 is 0 Å². The van der Waals surface area contributed by atoms with Gasteiger partial charge in [-0.15, -0.1) is 0 Å². The number of hydrogen-bond donors (Lipinski definition) is 2. The van der Waals surface area contributed by atoms with E-state index in [0.29, 0.717) is 6.04 Å². The largest absolute Gasteiger partial charge is 0.271 e. The lowest BCUT2D eigenvalue weighted by molar-refractivity contribution is 0.270. The van der Waals surface area contributed by atoms with Crippen molar-refractivity contribution in [3.63, 3.8) is 0 Å². The Kier molecular flexibility index (Phi) is 4.21. The van der Waals surface area contributed by atoms with Crippen molar-refractivity contribution in [2.45, 2.75) is 63.8 Å². The van der Waals surface area contributed by atoms with Crippen LogP contribution in [-0.4, -0.2) is 6.04 Å². The fourth-order valence-corrected chi connectivity index (χ4v) is 2.74. The second-order valence-electron chi connectivity index (χ2n) is 5.13. The second kappa shape index (κ2) is 5.66. The molecule has 0 aromatic heterocycles. The Morgan fingerprint density at radius 3 is 2.80 bits per heavy atom. The molecule has 0 amide bonds. The lowest BCUT2D eigenvalue weighted by Crippen LogP contribution is -2.39. The van der Waals surface area contributed by atoms with Crippen LogP contribution in [-0.2, 0) is 0 Å². The molecule has 2 aliphatic rings. The summed E-state index contributed by atoms with van der Waals surface area (Å²) in [7, 11) is 0. The van der Waals surface area contributed by atoms with Gasteiger partial charge in [0.1, 0.15) is 0 Å². The molecule has 86 valence electrons. The van der Waals surface area contributed by atoms with Gasteiger partial charge in [0.25, 0.3) is 0 Å². The molecule has 0 aromatic carbocycles. The van der Waals surface area contributed by atoms with Crippen molar-refractivity contribution >= 4 is 0 Å². The summed E-state index contributed by atoms with van der Waals surface area (Å²) in [6.45, 7) is 0. The number of hydrazine groups is 1. The summed E-state index contributed by atoms with van der Waals surface area (Å²) in [5, 5.41) is 0. The molecule has 0 heterocycles. The molecule has 0 aliphatic heterocycles. The Hall–Kier alpha value is -0.340. The summed E-state index contributed by atoms with van der Waals surface area (Å²) < 4.78 is 0. The van der Waals surface area contributed by atoms with E-state index < -0.39 is 0 Å². The van der Waals surface area contributed by atoms with E-state index in [-0.39, 0.29) is 0 Å². The highest BCUT2D eigenvalue weighted by Gasteiger charge is 2.23. The van der Waals surface area contributed by atoms with E-state index in [0.717, 1.165) is 5.92 Å². The van der Waals surface area contributed by atoms with Crippen LogP contribution >= 0.6 is 0 Å². The molecule has 3 N–H and O–H groups in total. The molecule has 2 aliphatic carbocycles. The van der Waals surface area contributed by atoms with Gasteiger partial charge < -0.3 is 0 Å². The van der Waals surface area contributed by atoms with Crippen LogP contribution in [0, 0.1) is 5.92 Å². The van der Waals surface area contributed by atoms with Gasteiger partial charge in [-0.1, -0.05) is 37.3 Å². The van der Waals surface area contributed by atoms with Crippen LogP contribution < -0.4 is 11.3 Å². The van der Waals surface area contributed by atoms with Crippen LogP contribution in [0.5, 0.6) is 0 Å². The molecule has 2 nitrogen and oxygen atoms in total. The highest BCUT2D eigenvalue weighted by Crippen LogP contribution is 2.33. The molecule has 0 spiro atoms. The van der Waals surface area contributed by atoms with Crippen molar-refractivity contribution in [2.24, 2.45) is 11.8 Å². The highest BCUT2D eigenvalue weighted by atomic mass is 15.2. The number of nitrogens with one attached hydrogen (secondary N) is 1. The molecule has 0 saturated heterocycles. The normalized spacial score (nSPS) is 25.3. The van der Waals surface area contributed by atoms with Crippen molar-refractivity contribution in [3.05, 3.63) is 11.6 Å². The lowest BCUT2D eigenvalue weighted by atomic mass is 9.79. The third-order valence-corrected chi connectivity index (χ3v) is 4.02. The molecule has 2 heteroatoms. The summed E-state index contributed by atoms with van der Waals surface area (Å²) >= 11 is 0. The van der Waals surface area contributed by atoms with E-state index >= 15 is 0 Å². The first-order valence-corrected chi connectivity index (χ1v) is 6.55. The van der Waals surface area contributed by atoms with Crippen LogP contribution in [0.15, 0.2) is 11.6 Å². The zero-order chi connectivity index (χ0) is 10.5. The zero-order valence-corrected chi connectivity index (χ0v) is 9.67. The predicted molar refractivity (Wildman–Crippen MR) is 64.2 cm³/mol. The van der Waals surface area contributed by atoms with Crippen LogP contribution in [0.4, 0.5) is 0 Å². The molecule has 1 fully saturated rings. The summed E-state index contributed by atoms with van der Waals surface area (Å²) in [6.07, 6.45) is 14.6. The monoisotopic (exact) mass is 208 g/mol. The number of rotatable bonds is 4. The third-order valence-electron chi connectivity index (χ3n) is 4.02. The topological polar surface area (TPSA) is 38.0 Å². The molecular weight excluding hydrogens is 184 g/mol. The fraction of sp³-hybridized carbons (Fsp3) is 0.846. The van der Waals surface area contributed by atoms with Crippen molar-refractivity contribution in [1.29, 1.82) is 0 Å². The standard InChI is InChI=1S/C13H24N2/c14-15-13(10-11-6-5-7-11)12-8-3-1-2-4-9-12/h8,11,13,15H,1-7,9-10,14H2. The average Bonchev–Trinajstić information content (AvgIpc) is 2.45. The molecule has 15 heavy (non-hydrogen) atoms. The SMILES string of the molecule is NNC(CC1CCC1)C1=CCCCCC1. The highest BCUT2D eigenvalue weighted by molar-refractivity contribution is 5.12. The Morgan fingerprint density at radius 1 is 1.27 bits per heavy atom. The summed E-state index contributed by atoms with van der Waals surface area (Å²) in [5.41, 5.74) is 4.62. The average molecular weight is 208 g/mol. The van der Waals surface area contributed by atoms with E-state index in [2.05, 4.69) is 11.5 Å². The minimum atomic E-state index is 0.466. The molecular formula is C13H24N2. The van der Waals surface area contributed by atoms with Gasteiger partial charge in [-0.25, -0.2) is 0 Å². The van der Waals surface area contributed by atoms with Gasteiger partial charge in [-0.05, 0) is 38.0 Å². The zero-order valence-electron chi connectivity index (χ0n) is 9.67. The van der Waals surface area contributed by atoms with Crippen LogP contribution in [0.2, 0.25) is 0 Å². The van der Waals surface area contributed by atoms with E-state index in [1.165, 1.54) is 57.8 Å². The molecule has 2 rings (SSSR count). The van der Waals surface area contributed by atoms with Gasteiger partial charge in [0.2, 0.25) is 0 Å². The maximum absolute atomic E-state index is 5.69. The van der Waals surface area contributed by atoms with E-state index in [4.69, 9.17) is 5.84 Å². The van der Waals surface area contributed by atoms with E-state index in [1.807, 2.05) is 0 Å². The molecule has 1 saturated carbocycles. The Bertz CT molecular complexity index is 219. The fourth-order valence-electron chi connectivity index (χ4n) is 2.74. The first-order chi connectivity index (χ1) is 7.40. The van der Waals surface area contributed by atoms with Gasteiger partial charge in [0.15, 0.2) is 0 Å². The predicted octanol–water partition coefficient (Wildman–Crippen LogP) is 2.90. The smallest absolute Gasteiger partial charge is 0.0422 e. The summed E-state index contributed by atoms with van der Waals surface area (Å²) in [4.78, 5) is 0. The van der Waals surface area contributed by atoms with Gasteiger partial charge in [-0.2, -0.15) is 0 Å². The molecule has 1 atom stereocenters. The molecule has 0 radical (unpaired) electrons. The maximum Gasteiger partial charge on any atom is 0.0422 e. The number of hydrogen-bond acceptors (Lipinski definition) is 2. The quantitative estimate of drug-likeness (QED) is 0.423. The first kappa shape index (κ1) is 11.2. The first-order valence-electron chi connectivity index (χ1n) is 6.55. The maximum atomic E-state index is 5.69. The second-order valence-corrected chi connectivity index (χ2v) is 5.13. The minimum absolute atomic E-state index is 0.466. The Balaban J connectivity index is 1.88. The van der Waals surface area contributed by atoms with Crippen molar-refractivity contribution < 1.29 is 0 Å². The third kappa shape index (κ3) is 3.05. The molecule has 0 bridgehead atoms. The van der Waals surface area contributed by atoms with Gasteiger partial charge in [-0.3, -0.25) is 11.3 Å². The van der Waals surface area contributed by atoms with Crippen molar-refractivity contribution in [1.82, 2.24) is 5.43 Å². The van der Waals surface area contributed by atoms with E-state index in [1.54, 1.807) is 5.57 Å². The Morgan fingerprint density at radius 2 is 2.13 bits per heavy atom. The number of allylic oxidation sites excluding steroid dienone is 1. The van der Waals surface area contributed by atoms with Crippen molar-refractivity contribution in [2.75, 3.05) is 0 Å². The van der Waals surface area contributed by atoms with Crippen molar-refractivity contribution in [3.8, 4) is 0 Å².